The lowest BCUT2D eigenvalue weighted by Crippen LogP contribution is -2.45. The van der Waals surface area contributed by atoms with Gasteiger partial charge in [0.15, 0.2) is 0 Å². The summed E-state index contributed by atoms with van der Waals surface area (Å²) < 4.78 is 39.3. The summed E-state index contributed by atoms with van der Waals surface area (Å²) in [4.78, 5) is 21.9. The van der Waals surface area contributed by atoms with Gasteiger partial charge < -0.3 is 10.8 Å². The molecule has 1 aromatic carbocycles. The van der Waals surface area contributed by atoms with E-state index in [9.17, 15) is 22.8 Å². The minimum absolute atomic E-state index is 0.000278. The first-order chi connectivity index (χ1) is 15.6. The number of rotatable bonds is 4. The standard InChI is InChI=1S/C16H12F3N3O.C8H12O2/c17-16(18,19)12-5-3-10(4-6-12)8-11-2-1-7-22-14(11)13(9-21-22)15(20)23;9-7(10)6-4-8(5-6)2-1-3-8/h1-7,9H,8H2,(H2,20,23);6H,1-5H2,(H,9,10). The van der Waals surface area contributed by atoms with E-state index in [1.807, 2.05) is 0 Å². The number of nitrogens with two attached hydrogens (primary N) is 1. The fraction of sp³-hybridized carbons (Fsp3) is 0.375. The number of carbonyl (C=O) groups excluding carboxylic acids is 1. The van der Waals surface area contributed by atoms with Crippen molar-refractivity contribution in [3.63, 3.8) is 0 Å². The smallest absolute Gasteiger partial charge is 0.416 e. The Kier molecular flexibility index (Phi) is 5.90. The molecule has 0 atom stereocenters. The third-order valence-electron chi connectivity index (χ3n) is 6.69. The van der Waals surface area contributed by atoms with Gasteiger partial charge in [0, 0.05) is 6.20 Å². The molecule has 1 spiro atoms. The second kappa shape index (κ2) is 8.53. The van der Waals surface area contributed by atoms with Gasteiger partial charge in [-0.15, -0.1) is 0 Å². The Morgan fingerprint density at radius 1 is 1.15 bits per heavy atom. The summed E-state index contributed by atoms with van der Waals surface area (Å²) >= 11 is 0. The van der Waals surface area contributed by atoms with Crippen LogP contribution in [0.15, 0.2) is 48.8 Å². The molecule has 5 rings (SSSR count). The summed E-state index contributed by atoms with van der Waals surface area (Å²) in [5.74, 6) is -1.18. The van der Waals surface area contributed by atoms with Gasteiger partial charge in [-0.25, -0.2) is 4.52 Å². The number of primary amides is 1. The number of alkyl halides is 3. The van der Waals surface area contributed by atoms with E-state index >= 15 is 0 Å². The zero-order chi connectivity index (χ0) is 23.8. The Morgan fingerprint density at radius 2 is 1.82 bits per heavy atom. The highest BCUT2D eigenvalue weighted by Crippen LogP contribution is 2.58. The maximum atomic E-state index is 12.6. The SMILES string of the molecule is NC(=O)c1cnn2cccc(Cc3ccc(C(F)(F)F)cc3)c12.O=C(O)C1CC2(CCC2)C1. The summed E-state index contributed by atoms with van der Waals surface area (Å²) in [5.41, 5.74) is 7.47. The largest absolute Gasteiger partial charge is 0.481 e. The van der Waals surface area contributed by atoms with Crippen LogP contribution in [0.3, 0.4) is 0 Å². The molecule has 0 bridgehead atoms. The van der Waals surface area contributed by atoms with Crippen molar-refractivity contribution in [3.8, 4) is 0 Å². The third kappa shape index (κ3) is 4.72. The number of fused-ring (bicyclic) bond motifs is 1. The molecular formula is C24H24F3N3O3. The molecule has 0 saturated heterocycles. The van der Waals surface area contributed by atoms with Crippen molar-refractivity contribution in [1.29, 1.82) is 0 Å². The first-order valence-electron chi connectivity index (χ1n) is 10.7. The number of hydrogen-bond acceptors (Lipinski definition) is 3. The van der Waals surface area contributed by atoms with E-state index < -0.39 is 23.6 Å². The van der Waals surface area contributed by atoms with Crippen LogP contribution in [0.4, 0.5) is 13.2 Å². The molecule has 0 unspecified atom stereocenters. The van der Waals surface area contributed by atoms with Crippen LogP contribution in [0.25, 0.3) is 5.52 Å². The fourth-order valence-electron chi connectivity index (χ4n) is 4.71. The van der Waals surface area contributed by atoms with E-state index in [4.69, 9.17) is 10.8 Å². The van der Waals surface area contributed by atoms with Gasteiger partial charge in [-0.3, -0.25) is 9.59 Å². The van der Waals surface area contributed by atoms with Crippen molar-refractivity contribution in [1.82, 2.24) is 9.61 Å². The molecule has 2 saturated carbocycles. The van der Waals surface area contributed by atoms with Gasteiger partial charge in [-0.05, 0) is 66.8 Å². The van der Waals surface area contributed by atoms with Gasteiger partial charge in [0.05, 0.1) is 28.8 Å². The van der Waals surface area contributed by atoms with Gasteiger partial charge in [0.2, 0.25) is 0 Å². The second-order valence-corrected chi connectivity index (χ2v) is 8.92. The summed E-state index contributed by atoms with van der Waals surface area (Å²) in [7, 11) is 0. The first kappa shape index (κ1) is 22.8. The molecule has 0 aliphatic heterocycles. The average Bonchev–Trinajstić information content (AvgIpc) is 3.11. The number of halogens is 3. The number of amides is 1. The van der Waals surface area contributed by atoms with Crippen LogP contribution in [0, 0.1) is 11.3 Å². The zero-order valence-electron chi connectivity index (χ0n) is 17.8. The van der Waals surface area contributed by atoms with E-state index in [0.717, 1.165) is 30.5 Å². The molecule has 0 radical (unpaired) electrons. The summed E-state index contributed by atoms with van der Waals surface area (Å²) in [5, 5.41) is 12.6. The topological polar surface area (TPSA) is 97.7 Å². The van der Waals surface area contributed by atoms with Crippen molar-refractivity contribution in [2.75, 3.05) is 0 Å². The summed E-state index contributed by atoms with van der Waals surface area (Å²) in [6, 6.07) is 8.48. The van der Waals surface area contributed by atoms with Gasteiger partial charge in [0.1, 0.15) is 0 Å². The fourth-order valence-corrected chi connectivity index (χ4v) is 4.71. The molecule has 3 N–H and O–H groups in total. The molecule has 2 aliphatic rings. The molecule has 33 heavy (non-hydrogen) atoms. The molecule has 3 aromatic rings. The van der Waals surface area contributed by atoms with E-state index in [1.54, 1.807) is 18.3 Å². The van der Waals surface area contributed by atoms with E-state index in [1.165, 1.54) is 42.1 Å². The van der Waals surface area contributed by atoms with Crippen molar-refractivity contribution < 1.29 is 27.9 Å². The predicted octanol–water partition coefficient (Wildman–Crippen LogP) is 4.69. The molecule has 2 heterocycles. The van der Waals surface area contributed by atoms with Gasteiger partial charge in [-0.1, -0.05) is 24.6 Å². The number of hydrogen-bond donors (Lipinski definition) is 2. The lowest BCUT2D eigenvalue weighted by molar-refractivity contribution is -0.154. The Balaban J connectivity index is 0.000000214. The molecule has 2 aromatic heterocycles. The number of benzene rings is 1. The molecule has 174 valence electrons. The van der Waals surface area contributed by atoms with Crippen LogP contribution >= 0.6 is 0 Å². The Hall–Kier alpha value is -3.36. The highest BCUT2D eigenvalue weighted by molar-refractivity contribution is 6.00. The van der Waals surface area contributed by atoms with Crippen LogP contribution in [0.1, 0.15) is 59.2 Å². The van der Waals surface area contributed by atoms with Crippen LogP contribution in [0.2, 0.25) is 0 Å². The number of carboxylic acids is 1. The van der Waals surface area contributed by atoms with E-state index in [-0.39, 0.29) is 11.5 Å². The lowest BCUT2D eigenvalue weighted by atomic mass is 9.52. The zero-order valence-corrected chi connectivity index (χ0v) is 17.8. The number of carboxylic acid groups (broad SMARTS) is 1. The quantitative estimate of drug-likeness (QED) is 0.591. The van der Waals surface area contributed by atoms with Crippen LogP contribution in [-0.2, 0) is 17.4 Å². The molecule has 9 heteroatoms. The maximum absolute atomic E-state index is 12.6. The Labute approximate surface area is 188 Å². The predicted molar refractivity (Wildman–Crippen MR) is 115 cm³/mol. The average molecular weight is 459 g/mol. The number of nitrogens with zero attached hydrogens (tertiary/aromatic N) is 2. The van der Waals surface area contributed by atoms with Crippen molar-refractivity contribution in [2.45, 2.75) is 44.7 Å². The van der Waals surface area contributed by atoms with Crippen LogP contribution < -0.4 is 5.73 Å². The highest BCUT2D eigenvalue weighted by atomic mass is 19.4. The van der Waals surface area contributed by atoms with Crippen molar-refractivity contribution >= 4 is 17.4 Å². The highest BCUT2D eigenvalue weighted by Gasteiger charge is 2.50. The van der Waals surface area contributed by atoms with Gasteiger partial charge in [0.25, 0.3) is 5.91 Å². The summed E-state index contributed by atoms with van der Waals surface area (Å²) in [6.45, 7) is 0. The number of aromatic nitrogens is 2. The third-order valence-corrected chi connectivity index (χ3v) is 6.69. The van der Waals surface area contributed by atoms with E-state index in [0.29, 0.717) is 22.9 Å². The number of aliphatic carboxylic acids is 1. The lowest BCUT2D eigenvalue weighted by Gasteiger charge is -2.52. The Morgan fingerprint density at radius 3 is 2.33 bits per heavy atom. The van der Waals surface area contributed by atoms with Gasteiger partial charge in [-0.2, -0.15) is 18.3 Å². The molecule has 2 aliphatic carbocycles. The maximum Gasteiger partial charge on any atom is 0.416 e. The Bertz CT molecular complexity index is 1170. The monoisotopic (exact) mass is 459 g/mol. The number of pyridine rings is 1. The van der Waals surface area contributed by atoms with Crippen molar-refractivity contribution in [3.05, 3.63) is 71.0 Å². The minimum Gasteiger partial charge on any atom is -0.481 e. The minimum atomic E-state index is -4.36. The van der Waals surface area contributed by atoms with E-state index in [2.05, 4.69) is 5.10 Å². The van der Waals surface area contributed by atoms with Crippen LogP contribution in [0.5, 0.6) is 0 Å². The molecule has 2 fully saturated rings. The molecule has 6 nitrogen and oxygen atoms in total. The summed E-state index contributed by atoms with van der Waals surface area (Å²) in [6.07, 6.45) is 4.90. The first-order valence-corrected chi connectivity index (χ1v) is 10.7. The molecular weight excluding hydrogens is 435 g/mol. The normalized spacial score (nSPS) is 17.1. The molecule has 1 amide bonds. The number of carbonyl (C=O) groups is 2. The van der Waals surface area contributed by atoms with Crippen molar-refractivity contribution in [2.24, 2.45) is 17.1 Å². The van der Waals surface area contributed by atoms with Crippen LogP contribution in [-0.4, -0.2) is 26.6 Å². The second-order valence-electron chi connectivity index (χ2n) is 8.92. The van der Waals surface area contributed by atoms with Gasteiger partial charge >= 0.3 is 12.1 Å².